The molecular weight excluding hydrogens is 1330 g/mol. The maximum absolute atomic E-state index is 12.2. The van der Waals surface area contributed by atoms with Crippen LogP contribution in [0.25, 0.3) is 99.5 Å². The summed E-state index contributed by atoms with van der Waals surface area (Å²) in [4.78, 5) is 3.99. The van der Waals surface area contributed by atoms with Crippen molar-refractivity contribution in [1.82, 2.24) is 9.13 Å². The van der Waals surface area contributed by atoms with E-state index in [1.807, 2.05) is 180 Å². The van der Waals surface area contributed by atoms with Crippen molar-refractivity contribution in [3.8, 4) is 78.9 Å². The minimum absolute atomic E-state index is 0.00197. The van der Waals surface area contributed by atoms with E-state index in [-0.39, 0.29) is 77.7 Å². The summed E-state index contributed by atoms with van der Waals surface area (Å²) in [5.41, 5.74) is 7.31. The number of fused-ring (bicyclic) bond motifs is 15. The molecule has 0 saturated heterocycles. The summed E-state index contributed by atoms with van der Waals surface area (Å²) in [6.45, 7) is 15.8. The Kier molecular flexibility index (Phi) is 10.7. The van der Waals surface area contributed by atoms with Crippen LogP contribution in [0.2, 0.25) is 0 Å². The Bertz CT molecular complexity index is 7690. The average Bonchev–Trinajstić information content (AvgIpc) is 0.935. The van der Waals surface area contributed by atoms with E-state index < -0.39 is 162 Å². The highest BCUT2D eigenvalue weighted by molar-refractivity contribution is 7.03. The number of anilines is 6. The molecule has 0 saturated carbocycles. The lowest BCUT2D eigenvalue weighted by atomic mass is 9.30. The molecular formula is C102H80B2N4O2. The smallest absolute Gasteiger partial charge is 0.260 e. The highest BCUT2D eigenvalue weighted by Crippen LogP contribution is 2.57. The first-order valence-corrected chi connectivity index (χ1v) is 37.2. The molecule has 0 atom stereocenters. The molecule has 0 radical (unpaired) electrons. The lowest BCUT2D eigenvalue weighted by molar-refractivity contribution is 0.467. The van der Waals surface area contributed by atoms with Gasteiger partial charge in [-0.2, -0.15) is 0 Å². The Morgan fingerprint density at radius 2 is 0.718 bits per heavy atom. The third-order valence-corrected chi connectivity index (χ3v) is 22.4. The molecule has 8 heteroatoms. The highest BCUT2D eigenvalue weighted by Gasteiger charge is 2.52. The minimum Gasteiger partial charge on any atom is -0.459 e. The van der Waals surface area contributed by atoms with Gasteiger partial charge in [0, 0.05) is 89.4 Å². The summed E-state index contributed by atoms with van der Waals surface area (Å²) in [5, 5.41) is 0.949. The molecule has 4 aliphatic rings. The molecule has 15 aromatic carbocycles. The van der Waals surface area contributed by atoms with Crippen molar-refractivity contribution < 1.29 is 35.5 Å². The van der Waals surface area contributed by atoms with Gasteiger partial charge in [-0.05, 0) is 173 Å². The maximum Gasteiger partial charge on any atom is 0.260 e. The number of hydrogen-bond donors (Lipinski definition) is 0. The van der Waals surface area contributed by atoms with Crippen molar-refractivity contribution in [3.05, 3.63) is 338 Å². The van der Waals surface area contributed by atoms with Gasteiger partial charge >= 0.3 is 0 Å². The van der Waals surface area contributed by atoms with Crippen LogP contribution in [0.15, 0.2) is 321 Å². The van der Waals surface area contributed by atoms with E-state index in [1.54, 1.807) is 4.57 Å². The number of rotatable bonds is 8. The van der Waals surface area contributed by atoms with Crippen molar-refractivity contribution in [2.45, 2.75) is 78.6 Å². The fourth-order valence-corrected chi connectivity index (χ4v) is 17.0. The van der Waals surface area contributed by atoms with E-state index in [2.05, 4.69) is 98.7 Å². The topological polar surface area (TPSA) is 34.8 Å². The molecule has 0 unspecified atom stereocenters. The molecule has 0 bridgehead atoms. The first-order chi connectivity index (χ1) is 61.4. The van der Waals surface area contributed by atoms with Crippen LogP contribution in [-0.2, 0) is 16.2 Å². The van der Waals surface area contributed by atoms with Gasteiger partial charge in [0.2, 0.25) is 0 Å². The summed E-state index contributed by atoms with van der Waals surface area (Å²) < 4.78 is 214. The standard InChI is InChI=1S/C102H80B2N4O2/c1-100(2,3)67-54-76(63-32-14-10-15-33-63)97(77(55-67)64-34-16-11-17-35-64)107-87-61-71(106-85-47-29-24-42-74(85)75-52-50-70(60-86(75)106)105-83-45-27-22-40-72(83)73-41-23-28-46-84(73)105)51-53-80(87)104-94-88(107)58-69(102(7,8)9)59-89(94)108(98-78(65-36-18-12-19-37-65)56-68(101(4,5)6)57-79(98)66-38-20-13-21-39-66)90-62-93-96-99(95(90)104)110-92-49-31-26-44-82(92)103(96)81-43-25-30-48-91(81)109-93/h10-62H,1-9H3/i24D,25D,26D,29D,30D,31D,42D,43D,44D,47D,48D,49D,50D,51D,52D,53D,60D,61D,62D. The van der Waals surface area contributed by atoms with Crippen molar-refractivity contribution >= 4 is 124 Å². The van der Waals surface area contributed by atoms with E-state index in [0.29, 0.717) is 78.2 Å². The Morgan fingerprint density at radius 1 is 0.300 bits per heavy atom. The quantitative estimate of drug-likeness (QED) is 0.142. The third-order valence-electron chi connectivity index (χ3n) is 22.4. The largest absolute Gasteiger partial charge is 0.459 e. The van der Waals surface area contributed by atoms with Crippen molar-refractivity contribution in [2.75, 3.05) is 9.80 Å². The number of ether oxygens (including phenoxy) is 2. The van der Waals surface area contributed by atoms with Crippen LogP contribution in [0.3, 0.4) is 0 Å². The van der Waals surface area contributed by atoms with Gasteiger partial charge in [0.1, 0.15) is 23.0 Å². The maximum atomic E-state index is 12.2. The zero-order valence-corrected chi connectivity index (χ0v) is 61.9. The molecule has 6 nitrogen and oxygen atoms in total. The predicted molar refractivity (Wildman–Crippen MR) is 465 cm³/mol. The second kappa shape index (κ2) is 24.4. The number of aromatic nitrogens is 2. The van der Waals surface area contributed by atoms with Gasteiger partial charge in [-0.15, -0.1) is 0 Å². The summed E-state index contributed by atoms with van der Waals surface area (Å²) >= 11 is 0. The van der Waals surface area contributed by atoms with Crippen molar-refractivity contribution in [3.63, 3.8) is 0 Å². The van der Waals surface area contributed by atoms with Crippen LogP contribution in [0.4, 0.5) is 34.1 Å². The molecule has 6 heterocycles. The van der Waals surface area contributed by atoms with Gasteiger partial charge in [0.15, 0.2) is 0 Å². The molecule has 0 amide bonds. The van der Waals surface area contributed by atoms with Gasteiger partial charge in [0.05, 0.1) is 59.5 Å². The van der Waals surface area contributed by atoms with E-state index >= 15 is 0 Å². The molecule has 2 aromatic heterocycles. The number of hydrogen-bond acceptors (Lipinski definition) is 4. The van der Waals surface area contributed by atoms with Crippen molar-refractivity contribution in [1.29, 1.82) is 0 Å². The summed E-state index contributed by atoms with van der Waals surface area (Å²) in [6, 6.07) is 55.1. The van der Waals surface area contributed by atoms with Crippen LogP contribution in [-0.4, -0.2) is 22.6 Å². The van der Waals surface area contributed by atoms with Gasteiger partial charge in [0.25, 0.3) is 13.4 Å². The third kappa shape index (κ3) is 10.0. The lowest BCUT2D eigenvalue weighted by Gasteiger charge is -2.48. The number of benzene rings is 15. The van der Waals surface area contributed by atoms with Crippen LogP contribution in [0.5, 0.6) is 23.0 Å². The Labute approximate surface area is 670 Å². The van der Waals surface area contributed by atoms with E-state index in [4.69, 9.17) is 9.47 Å². The van der Waals surface area contributed by atoms with Crippen LogP contribution in [0.1, 0.15) is 105 Å². The van der Waals surface area contributed by atoms with Gasteiger partial charge < -0.3 is 28.4 Å². The number of nitrogens with zero attached hydrogens (tertiary/aromatic N) is 4. The fraction of sp³-hybridized carbons (Fsp3) is 0.118. The van der Waals surface area contributed by atoms with Gasteiger partial charge in [-0.1, -0.05) is 287 Å². The second-order valence-electron chi connectivity index (χ2n) is 32.0. The molecule has 0 spiro atoms. The Hall–Kier alpha value is -12.8. The minimum atomic E-state index is -1.64. The first kappa shape index (κ1) is 48.5. The monoisotopic (exact) mass is 1430 g/mol. The summed E-state index contributed by atoms with van der Waals surface area (Å²) in [6.07, 6.45) is 0. The second-order valence-corrected chi connectivity index (χ2v) is 32.0. The SMILES string of the molecule is [2H]c1c([2H])c([2H])c2c(c1[2H])Oc1c([2H])c3c(c4c1B2c1c([2H])c([2H])c([2H])c([2H])c1O4)B1c2c(cc(C(C)(C)C)cc2N3c2c(-c3ccccc3)cc(C(C)(C)C)cc2-c2ccccc2)N(c2c(-c3ccccc3)cc(C(C)(C)C)cc2-c2ccccc2)c2c([2H])c(-n3c4c([2H])c([2H])c([2H])c([2H])c4c4c([2H])c([2H])c(-n5c6ccccc6c6ccccc65)c([2H])c43)c([2H])c([2H])c21. The predicted octanol–water partition coefficient (Wildman–Crippen LogP) is 23.3. The van der Waals surface area contributed by atoms with Gasteiger partial charge in [-0.25, -0.2) is 0 Å². The van der Waals surface area contributed by atoms with E-state index in [9.17, 15) is 26.0 Å². The van der Waals surface area contributed by atoms with Crippen LogP contribution >= 0.6 is 0 Å². The zero-order chi connectivity index (χ0) is 90.8. The highest BCUT2D eigenvalue weighted by atomic mass is 16.5. The average molecular weight is 1430 g/mol. The summed E-state index contributed by atoms with van der Waals surface area (Å²) in [5.74, 6) is -1.34. The molecule has 526 valence electrons. The molecule has 0 aliphatic carbocycles. The molecule has 0 fully saturated rings. The molecule has 4 aliphatic heterocycles. The molecule has 21 rings (SSSR count). The zero-order valence-electron chi connectivity index (χ0n) is 80.9. The van der Waals surface area contributed by atoms with E-state index in [1.165, 1.54) is 4.57 Å². The molecule has 17 aromatic rings. The summed E-state index contributed by atoms with van der Waals surface area (Å²) in [7, 11) is 0. The van der Waals surface area contributed by atoms with Crippen LogP contribution < -0.4 is 52.1 Å². The molecule has 0 N–H and O–H groups in total. The fourth-order valence-electron chi connectivity index (χ4n) is 17.0. The Balaban J connectivity index is 1.03. The molecule has 110 heavy (non-hydrogen) atoms. The van der Waals surface area contributed by atoms with Gasteiger partial charge in [-0.3, -0.25) is 0 Å². The number of para-hydroxylation sites is 5. The van der Waals surface area contributed by atoms with Crippen LogP contribution in [0, 0.1) is 0 Å². The normalized spacial score (nSPS) is 15.8. The Morgan fingerprint density at radius 3 is 1.24 bits per heavy atom. The first-order valence-electron chi connectivity index (χ1n) is 46.7. The van der Waals surface area contributed by atoms with E-state index in [0.717, 1.165) is 33.0 Å². The lowest BCUT2D eigenvalue weighted by Crippen LogP contribution is -2.65. The van der Waals surface area contributed by atoms with Crippen molar-refractivity contribution in [2.24, 2.45) is 0 Å².